The van der Waals surface area contributed by atoms with Crippen LogP contribution in [0.5, 0.6) is 23.0 Å². The quantitative estimate of drug-likeness (QED) is 0.441. The number of allylic oxidation sites excluding steroid dienone is 1. The first-order valence-electron chi connectivity index (χ1n) is 12.1. The molecule has 0 aromatic heterocycles. The number of aromatic hydroxyl groups is 2. The summed E-state index contributed by atoms with van der Waals surface area (Å²) in [6.07, 6.45) is 6.37. The van der Waals surface area contributed by atoms with Crippen molar-refractivity contribution in [2.24, 2.45) is 0 Å². The van der Waals surface area contributed by atoms with E-state index in [1.165, 1.54) is 13.2 Å². The van der Waals surface area contributed by atoms with Crippen LogP contribution in [-0.2, 0) is 14.3 Å². The van der Waals surface area contributed by atoms with Crippen LogP contribution in [0, 0.1) is 0 Å². The van der Waals surface area contributed by atoms with Gasteiger partial charge >= 0.3 is 11.9 Å². The maximum Gasteiger partial charge on any atom is 0.342 e. The van der Waals surface area contributed by atoms with Gasteiger partial charge in [0.25, 0.3) is 0 Å². The van der Waals surface area contributed by atoms with Gasteiger partial charge < -0.3 is 24.4 Å². The number of carbonyl (C=O) groups excluding carboxylic acids is 3. The number of phenols is 2. The number of hydrogen-bond donors (Lipinski definition) is 2. The van der Waals surface area contributed by atoms with Crippen molar-refractivity contribution in [2.45, 2.75) is 63.9 Å². The van der Waals surface area contributed by atoms with Crippen molar-refractivity contribution in [1.82, 2.24) is 0 Å². The van der Waals surface area contributed by atoms with E-state index in [1.54, 1.807) is 31.2 Å². The van der Waals surface area contributed by atoms with E-state index < -0.39 is 24.0 Å². The van der Waals surface area contributed by atoms with E-state index in [-0.39, 0.29) is 40.8 Å². The molecule has 0 unspecified atom stereocenters. The molecule has 0 bridgehead atoms. The van der Waals surface area contributed by atoms with Gasteiger partial charge in [0, 0.05) is 24.3 Å². The highest BCUT2D eigenvalue weighted by Crippen LogP contribution is 2.48. The lowest BCUT2D eigenvalue weighted by Gasteiger charge is -2.28. The number of phenolic OH excluding ortho intramolecular Hbond substituents is 2. The summed E-state index contributed by atoms with van der Waals surface area (Å²) in [6, 6.07) is 6.24. The van der Waals surface area contributed by atoms with E-state index in [4.69, 9.17) is 14.2 Å². The number of rotatable bonds is 2. The molecule has 0 saturated heterocycles. The van der Waals surface area contributed by atoms with Crippen LogP contribution >= 0.6 is 0 Å². The lowest BCUT2D eigenvalue weighted by atomic mass is 9.83. The first kappa shape index (κ1) is 25.3. The zero-order chi connectivity index (χ0) is 25.8. The molecule has 190 valence electrons. The van der Waals surface area contributed by atoms with Crippen molar-refractivity contribution < 1.29 is 38.8 Å². The second kappa shape index (κ2) is 10.8. The molecule has 0 spiro atoms. The molecule has 2 aliphatic rings. The van der Waals surface area contributed by atoms with Crippen molar-refractivity contribution in [3.63, 3.8) is 0 Å². The molecule has 0 fully saturated rings. The highest BCUT2D eigenvalue weighted by molar-refractivity contribution is 5.98. The first-order chi connectivity index (χ1) is 17.3. The van der Waals surface area contributed by atoms with Crippen LogP contribution in [0.15, 0.2) is 30.3 Å². The summed E-state index contributed by atoms with van der Waals surface area (Å²) in [4.78, 5) is 37.8. The number of fused-ring (bicyclic) bond motifs is 2. The molecule has 8 heteroatoms. The molecule has 2 N–H and O–H groups in total. The van der Waals surface area contributed by atoms with Gasteiger partial charge in [0.15, 0.2) is 11.5 Å². The molecule has 0 radical (unpaired) electrons. The Morgan fingerprint density at radius 1 is 1.06 bits per heavy atom. The number of ether oxygens (including phenoxy) is 3. The maximum absolute atomic E-state index is 13.3. The summed E-state index contributed by atoms with van der Waals surface area (Å²) >= 11 is 0. The first-order valence-corrected chi connectivity index (χ1v) is 12.1. The zero-order valence-corrected chi connectivity index (χ0v) is 20.4. The SMILES string of the molecule is COc1cc([C@H]2CC(=O)Oc3cc4c(c(O)c32)C(=O)O[C@H](C)CCCC(=O)CCCC=C4)ccc1O. The van der Waals surface area contributed by atoms with Gasteiger partial charge in [-0.25, -0.2) is 4.79 Å². The van der Waals surface area contributed by atoms with Gasteiger partial charge in [-0.05, 0) is 61.9 Å². The van der Waals surface area contributed by atoms with E-state index in [2.05, 4.69) is 0 Å². The molecular formula is C28H30O8. The van der Waals surface area contributed by atoms with Crippen LogP contribution < -0.4 is 9.47 Å². The molecule has 2 aromatic rings. The molecule has 2 aliphatic heterocycles. The van der Waals surface area contributed by atoms with Gasteiger partial charge in [0.05, 0.1) is 19.6 Å². The van der Waals surface area contributed by atoms with Crippen molar-refractivity contribution in [3.05, 3.63) is 52.6 Å². The number of methoxy groups -OCH3 is 1. The smallest absolute Gasteiger partial charge is 0.342 e. The van der Waals surface area contributed by atoms with Crippen LogP contribution in [0.25, 0.3) is 6.08 Å². The van der Waals surface area contributed by atoms with E-state index in [9.17, 15) is 24.6 Å². The number of hydrogen-bond acceptors (Lipinski definition) is 8. The Balaban J connectivity index is 1.82. The van der Waals surface area contributed by atoms with E-state index in [0.717, 1.165) is 0 Å². The third kappa shape index (κ3) is 5.37. The highest BCUT2D eigenvalue weighted by Gasteiger charge is 2.35. The second-order valence-corrected chi connectivity index (χ2v) is 9.20. The minimum absolute atomic E-state index is 0.00122. The minimum atomic E-state index is -0.690. The summed E-state index contributed by atoms with van der Waals surface area (Å²) in [5, 5.41) is 21.4. The standard InChI is InChI=1S/C28H30O8/c1-16-7-6-10-19(29)9-5-3-4-8-18-14-23-26(27(32)25(18)28(33)35-16)20(15-24(31)36-23)17-11-12-21(30)22(13-17)34-2/h4,8,11-14,16,20,30,32H,3,5-7,9-10,15H2,1-2H3/t16-,20-/m1/s1. The van der Waals surface area contributed by atoms with Gasteiger partial charge in [0.1, 0.15) is 22.8 Å². The third-order valence-electron chi connectivity index (χ3n) is 6.58. The molecule has 0 amide bonds. The maximum atomic E-state index is 13.3. The Hall–Kier alpha value is -3.81. The van der Waals surface area contributed by atoms with Gasteiger partial charge in [0.2, 0.25) is 0 Å². The Morgan fingerprint density at radius 2 is 1.83 bits per heavy atom. The lowest BCUT2D eigenvalue weighted by molar-refractivity contribution is -0.135. The summed E-state index contributed by atoms with van der Waals surface area (Å²) < 4.78 is 16.3. The lowest BCUT2D eigenvalue weighted by Crippen LogP contribution is -2.23. The van der Waals surface area contributed by atoms with Crippen molar-refractivity contribution in [3.8, 4) is 23.0 Å². The van der Waals surface area contributed by atoms with Crippen LogP contribution in [-0.4, -0.2) is 41.1 Å². The molecule has 4 rings (SSSR count). The monoisotopic (exact) mass is 494 g/mol. The topological polar surface area (TPSA) is 119 Å². The number of esters is 2. The van der Waals surface area contributed by atoms with Crippen LogP contribution in [0.3, 0.4) is 0 Å². The molecule has 0 saturated carbocycles. The number of benzene rings is 2. The predicted molar refractivity (Wildman–Crippen MR) is 131 cm³/mol. The largest absolute Gasteiger partial charge is 0.507 e. The molecule has 2 aromatic carbocycles. The van der Waals surface area contributed by atoms with E-state index >= 15 is 0 Å². The van der Waals surface area contributed by atoms with Crippen molar-refractivity contribution in [1.29, 1.82) is 0 Å². The zero-order valence-electron chi connectivity index (χ0n) is 20.4. The number of ketones is 1. The van der Waals surface area contributed by atoms with E-state index in [1.807, 2.05) is 6.08 Å². The van der Waals surface area contributed by atoms with Gasteiger partial charge in [-0.1, -0.05) is 18.2 Å². The van der Waals surface area contributed by atoms with Gasteiger partial charge in [-0.2, -0.15) is 0 Å². The summed E-state index contributed by atoms with van der Waals surface area (Å²) in [5.41, 5.74) is 1.27. The fourth-order valence-corrected chi connectivity index (χ4v) is 4.71. The second-order valence-electron chi connectivity index (χ2n) is 9.20. The predicted octanol–water partition coefficient (Wildman–Crippen LogP) is 5.03. The van der Waals surface area contributed by atoms with Crippen LogP contribution in [0.2, 0.25) is 0 Å². The molecular weight excluding hydrogens is 464 g/mol. The minimum Gasteiger partial charge on any atom is -0.507 e. The molecule has 2 atom stereocenters. The number of Topliss-reactive ketones (excluding diaryl/α,β-unsaturated/α-hetero) is 1. The van der Waals surface area contributed by atoms with Crippen LogP contribution in [0.4, 0.5) is 0 Å². The highest BCUT2D eigenvalue weighted by atomic mass is 16.5. The summed E-state index contributed by atoms with van der Waals surface area (Å²) in [5.74, 6) is -1.61. The Kier molecular flexibility index (Phi) is 7.62. The number of cyclic esters (lactones) is 1. The third-order valence-corrected chi connectivity index (χ3v) is 6.58. The molecule has 36 heavy (non-hydrogen) atoms. The van der Waals surface area contributed by atoms with Crippen molar-refractivity contribution >= 4 is 23.8 Å². The molecule has 0 aliphatic carbocycles. The molecule has 8 nitrogen and oxygen atoms in total. The molecule has 2 heterocycles. The number of carbonyl (C=O) groups is 3. The fraction of sp³-hybridized carbons (Fsp3) is 0.393. The summed E-state index contributed by atoms with van der Waals surface area (Å²) in [7, 11) is 1.42. The summed E-state index contributed by atoms with van der Waals surface area (Å²) in [6.45, 7) is 1.76. The Labute approximate surface area is 209 Å². The van der Waals surface area contributed by atoms with E-state index in [0.29, 0.717) is 55.2 Å². The Bertz CT molecular complexity index is 1210. The van der Waals surface area contributed by atoms with Gasteiger partial charge in [-0.3, -0.25) is 9.59 Å². The normalized spacial score (nSPS) is 21.0. The Morgan fingerprint density at radius 3 is 2.61 bits per heavy atom. The fourth-order valence-electron chi connectivity index (χ4n) is 4.71. The van der Waals surface area contributed by atoms with Crippen LogP contribution in [0.1, 0.15) is 84.8 Å². The average molecular weight is 495 g/mol. The van der Waals surface area contributed by atoms with Gasteiger partial charge in [-0.15, -0.1) is 0 Å². The average Bonchev–Trinajstić information content (AvgIpc) is 2.82. The van der Waals surface area contributed by atoms with Crippen molar-refractivity contribution in [2.75, 3.05) is 7.11 Å².